The summed E-state index contributed by atoms with van der Waals surface area (Å²) in [7, 11) is 0. The van der Waals surface area contributed by atoms with E-state index in [9.17, 15) is 0 Å². The SMILES string of the molecule is CCNC(c1ccccc1)C(CC)Sc1ccoc1C. The highest BCUT2D eigenvalue weighted by atomic mass is 32.2. The number of nitrogens with one attached hydrogen (secondary N) is 1. The van der Waals surface area contributed by atoms with Crippen molar-refractivity contribution in [2.24, 2.45) is 0 Å². The van der Waals surface area contributed by atoms with Crippen LogP contribution in [0.2, 0.25) is 0 Å². The van der Waals surface area contributed by atoms with E-state index >= 15 is 0 Å². The van der Waals surface area contributed by atoms with E-state index in [1.165, 1.54) is 10.5 Å². The lowest BCUT2D eigenvalue weighted by molar-refractivity contribution is 0.517. The summed E-state index contributed by atoms with van der Waals surface area (Å²) in [6.45, 7) is 7.41. The molecule has 0 aliphatic carbocycles. The smallest absolute Gasteiger partial charge is 0.114 e. The molecule has 2 rings (SSSR count). The van der Waals surface area contributed by atoms with Crippen molar-refractivity contribution in [3.63, 3.8) is 0 Å². The van der Waals surface area contributed by atoms with Crippen LogP contribution < -0.4 is 5.32 Å². The highest BCUT2D eigenvalue weighted by Crippen LogP contribution is 2.36. The zero-order chi connectivity index (χ0) is 14.4. The van der Waals surface area contributed by atoms with Crippen molar-refractivity contribution in [3.8, 4) is 0 Å². The molecular formula is C17H23NOS. The highest BCUT2D eigenvalue weighted by Gasteiger charge is 2.23. The minimum Gasteiger partial charge on any atom is -0.468 e. The second-order valence-electron chi connectivity index (χ2n) is 4.85. The molecule has 0 spiro atoms. The van der Waals surface area contributed by atoms with Gasteiger partial charge in [0, 0.05) is 16.2 Å². The molecule has 1 aromatic heterocycles. The molecule has 0 saturated carbocycles. The first-order valence-electron chi connectivity index (χ1n) is 7.25. The third-order valence-electron chi connectivity index (χ3n) is 3.45. The maximum atomic E-state index is 5.41. The molecule has 1 heterocycles. The van der Waals surface area contributed by atoms with E-state index in [0.29, 0.717) is 11.3 Å². The van der Waals surface area contributed by atoms with Crippen molar-refractivity contribution in [1.29, 1.82) is 0 Å². The molecule has 0 bridgehead atoms. The first-order valence-corrected chi connectivity index (χ1v) is 8.13. The van der Waals surface area contributed by atoms with Gasteiger partial charge in [-0.15, -0.1) is 11.8 Å². The summed E-state index contributed by atoms with van der Waals surface area (Å²) < 4.78 is 5.41. The lowest BCUT2D eigenvalue weighted by Gasteiger charge is -2.27. The molecule has 2 aromatic rings. The van der Waals surface area contributed by atoms with Gasteiger partial charge < -0.3 is 9.73 Å². The fourth-order valence-electron chi connectivity index (χ4n) is 2.39. The molecule has 2 unspecified atom stereocenters. The van der Waals surface area contributed by atoms with Crippen LogP contribution in [-0.2, 0) is 0 Å². The topological polar surface area (TPSA) is 25.2 Å². The zero-order valence-electron chi connectivity index (χ0n) is 12.4. The van der Waals surface area contributed by atoms with Crippen LogP contribution in [0, 0.1) is 6.92 Å². The fourth-order valence-corrected chi connectivity index (χ4v) is 3.62. The molecule has 2 atom stereocenters. The number of furan rings is 1. The van der Waals surface area contributed by atoms with Crippen LogP contribution >= 0.6 is 11.8 Å². The van der Waals surface area contributed by atoms with Gasteiger partial charge in [0.25, 0.3) is 0 Å². The molecule has 0 aliphatic heterocycles. The van der Waals surface area contributed by atoms with Crippen LogP contribution in [0.3, 0.4) is 0 Å². The number of hydrogen-bond donors (Lipinski definition) is 1. The molecular weight excluding hydrogens is 266 g/mol. The first-order chi connectivity index (χ1) is 9.76. The molecule has 2 nitrogen and oxygen atoms in total. The summed E-state index contributed by atoms with van der Waals surface area (Å²) in [6, 6.07) is 13.1. The summed E-state index contributed by atoms with van der Waals surface area (Å²) in [5, 5.41) is 4.12. The van der Waals surface area contributed by atoms with Gasteiger partial charge in [-0.1, -0.05) is 44.2 Å². The van der Waals surface area contributed by atoms with E-state index in [1.807, 2.05) is 18.7 Å². The van der Waals surface area contributed by atoms with Crippen LogP contribution in [0.25, 0.3) is 0 Å². The lowest BCUT2D eigenvalue weighted by Crippen LogP contribution is -2.29. The van der Waals surface area contributed by atoms with E-state index < -0.39 is 0 Å². The molecule has 3 heteroatoms. The van der Waals surface area contributed by atoms with E-state index in [2.05, 4.69) is 55.6 Å². The Morgan fingerprint density at radius 1 is 1.15 bits per heavy atom. The average molecular weight is 289 g/mol. The molecule has 0 fully saturated rings. The maximum Gasteiger partial charge on any atom is 0.114 e. The summed E-state index contributed by atoms with van der Waals surface area (Å²) in [5.74, 6) is 1.01. The van der Waals surface area contributed by atoms with E-state index in [-0.39, 0.29) is 0 Å². The third-order valence-corrected chi connectivity index (χ3v) is 5.03. The third kappa shape index (κ3) is 3.68. The van der Waals surface area contributed by atoms with Crippen molar-refractivity contribution in [2.75, 3.05) is 6.54 Å². The van der Waals surface area contributed by atoms with Crippen molar-refractivity contribution in [1.82, 2.24) is 5.32 Å². The van der Waals surface area contributed by atoms with Crippen molar-refractivity contribution >= 4 is 11.8 Å². The summed E-state index contributed by atoms with van der Waals surface area (Å²) in [4.78, 5) is 1.25. The van der Waals surface area contributed by atoms with Crippen LogP contribution in [0.5, 0.6) is 0 Å². The van der Waals surface area contributed by atoms with Crippen LogP contribution in [-0.4, -0.2) is 11.8 Å². The molecule has 108 valence electrons. The van der Waals surface area contributed by atoms with Gasteiger partial charge in [0.1, 0.15) is 5.76 Å². The Bertz CT molecular complexity index is 509. The number of hydrogen-bond acceptors (Lipinski definition) is 3. The summed E-state index contributed by atoms with van der Waals surface area (Å²) in [6.07, 6.45) is 2.89. The van der Waals surface area contributed by atoms with Crippen LogP contribution in [0.4, 0.5) is 0 Å². The average Bonchev–Trinajstić information content (AvgIpc) is 2.89. The van der Waals surface area contributed by atoms with Gasteiger partial charge in [-0.05, 0) is 31.5 Å². The summed E-state index contributed by atoms with van der Waals surface area (Å²) in [5.41, 5.74) is 1.36. The Kier molecular flexibility index (Phi) is 5.74. The van der Waals surface area contributed by atoms with Crippen molar-refractivity contribution in [2.45, 2.75) is 43.4 Å². The standard InChI is InChI=1S/C17H23NOS/c1-4-15(20-16-11-12-19-13(16)3)17(18-5-2)14-9-7-6-8-10-14/h6-12,15,17-18H,4-5H2,1-3H3. The Morgan fingerprint density at radius 2 is 1.90 bits per heavy atom. The number of aryl methyl sites for hydroxylation is 1. The predicted molar refractivity (Wildman–Crippen MR) is 86.2 cm³/mol. The van der Waals surface area contributed by atoms with Crippen molar-refractivity contribution < 1.29 is 4.42 Å². The molecule has 0 amide bonds. The largest absolute Gasteiger partial charge is 0.468 e. The number of thioether (sulfide) groups is 1. The van der Waals surface area contributed by atoms with Gasteiger partial charge in [-0.25, -0.2) is 0 Å². The molecule has 0 aliphatic rings. The monoisotopic (exact) mass is 289 g/mol. The lowest BCUT2D eigenvalue weighted by atomic mass is 10.0. The van der Waals surface area contributed by atoms with Gasteiger partial charge >= 0.3 is 0 Å². The maximum absolute atomic E-state index is 5.41. The normalized spacial score (nSPS) is 14.2. The van der Waals surface area contributed by atoms with Crippen LogP contribution in [0.15, 0.2) is 52.0 Å². The zero-order valence-corrected chi connectivity index (χ0v) is 13.2. The quantitative estimate of drug-likeness (QED) is 0.740. The Morgan fingerprint density at radius 3 is 2.45 bits per heavy atom. The van der Waals surface area contributed by atoms with Crippen molar-refractivity contribution in [3.05, 3.63) is 54.0 Å². The Balaban J connectivity index is 2.19. The van der Waals surface area contributed by atoms with Crippen LogP contribution in [0.1, 0.15) is 37.6 Å². The second-order valence-corrected chi connectivity index (χ2v) is 6.13. The highest BCUT2D eigenvalue weighted by molar-refractivity contribution is 8.00. The fraction of sp³-hybridized carbons (Fsp3) is 0.412. The van der Waals surface area contributed by atoms with Gasteiger partial charge in [0.15, 0.2) is 0 Å². The second kappa shape index (κ2) is 7.55. The van der Waals surface area contributed by atoms with Gasteiger partial charge in [0.05, 0.1) is 6.26 Å². The van der Waals surface area contributed by atoms with Gasteiger partial charge in [-0.2, -0.15) is 0 Å². The molecule has 0 radical (unpaired) electrons. The number of benzene rings is 1. The van der Waals surface area contributed by atoms with E-state index in [0.717, 1.165) is 18.7 Å². The summed E-state index contributed by atoms with van der Waals surface area (Å²) >= 11 is 1.91. The first kappa shape index (κ1) is 15.2. The van der Waals surface area contributed by atoms with Gasteiger partial charge in [0.2, 0.25) is 0 Å². The molecule has 1 N–H and O–H groups in total. The van der Waals surface area contributed by atoms with E-state index in [1.54, 1.807) is 6.26 Å². The predicted octanol–water partition coefficient (Wildman–Crippen LogP) is 4.81. The number of rotatable bonds is 7. The minimum absolute atomic E-state index is 0.366. The molecule has 0 saturated heterocycles. The molecule has 1 aromatic carbocycles. The minimum atomic E-state index is 0.366. The molecule has 20 heavy (non-hydrogen) atoms. The van der Waals surface area contributed by atoms with E-state index in [4.69, 9.17) is 4.42 Å². The Labute approximate surface area is 126 Å². The van der Waals surface area contributed by atoms with Gasteiger partial charge in [-0.3, -0.25) is 0 Å². The Hall–Kier alpha value is -1.19.